The van der Waals surface area contributed by atoms with Crippen LogP contribution in [0.1, 0.15) is 16.3 Å². The number of amides is 1. The molecule has 0 fully saturated rings. The van der Waals surface area contributed by atoms with Crippen LogP contribution in [0.4, 0.5) is 0 Å². The lowest BCUT2D eigenvalue weighted by Gasteiger charge is -2.22. The van der Waals surface area contributed by atoms with E-state index in [0.29, 0.717) is 19.6 Å². The van der Waals surface area contributed by atoms with E-state index in [4.69, 9.17) is 21.3 Å². The molecule has 3 aromatic heterocycles. The fourth-order valence-corrected chi connectivity index (χ4v) is 4.98. The van der Waals surface area contributed by atoms with Crippen LogP contribution in [0.5, 0.6) is 5.75 Å². The Labute approximate surface area is 194 Å². The lowest BCUT2D eigenvalue weighted by Crippen LogP contribution is -2.31. The molecule has 4 aromatic rings. The van der Waals surface area contributed by atoms with Crippen molar-refractivity contribution in [2.75, 3.05) is 13.0 Å². The van der Waals surface area contributed by atoms with Gasteiger partial charge >= 0.3 is 0 Å². The first-order valence-corrected chi connectivity index (χ1v) is 12.0. The van der Waals surface area contributed by atoms with E-state index in [1.807, 2.05) is 60.1 Å². The van der Waals surface area contributed by atoms with Crippen molar-refractivity contribution in [3.63, 3.8) is 0 Å². The minimum absolute atomic E-state index is 0.0244. The van der Waals surface area contributed by atoms with Gasteiger partial charge in [-0.25, -0.2) is 4.98 Å². The molecule has 5 nitrogen and oxygen atoms in total. The maximum absolute atomic E-state index is 12.4. The number of ether oxygens (including phenoxy) is 1. The molecule has 160 valence electrons. The van der Waals surface area contributed by atoms with Gasteiger partial charge in [0.05, 0.1) is 32.4 Å². The molecule has 1 aromatic carbocycles. The number of halogens is 1. The molecular weight excluding hydrogens is 450 g/mol. The molecule has 0 bridgehead atoms. The van der Waals surface area contributed by atoms with Crippen LogP contribution in [-0.4, -0.2) is 33.3 Å². The van der Waals surface area contributed by atoms with Gasteiger partial charge in [0.25, 0.3) is 0 Å². The van der Waals surface area contributed by atoms with E-state index in [-0.39, 0.29) is 11.8 Å². The Balaban J connectivity index is 1.47. The van der Waals surface area contributed by atoms with Crippen LogP contribution >= 0.6 is 34.3 Å². The monoisotopic (exact) mass is 471 g/mol. The molecule has 3 heterocycles. The van der Waals surface area contributed by atoms with Crippen LogP contribution < -0.4 is 4.74 Å². The highest BCUT2D eigenvalue weighted by Crippen LogP contribution is 2.26. The van der Waals surface area contributed by atoms with E-state index in [2.05, 4.69) is 9.95 Å². The molecule has 31 heavy (non-hydrogen) atoms. The molecule has 8 heteroatoms. The van der Waals surface area contributed by atoms with Crippen molar-refractivity contribution in [3.8, 4) is 16.3 Å². The summed E-state index contributed by atoms with van der Waals surface area (Å²) in [7, 11) is 1.66. The van der Waals surface area contributed by atoms with Crippen LogP contribution in [0, 0.1) is 0 Å². The number of hydrogen-bond acceptors (Lipinski definition) is 5. The maximum Gasteiger partial charge on any atom is 0.238 e. The molecular formula is C23H22ClN3O2S2. The number of carbonyl (C=O) groups is 1. The Morgan fingerprint density at radius 1 is 1.13 bits per heavy atom. The van der Waals surface area contributed by atoms with Gasteiger partial charge in [-0.05, 0) is 47.8 Å². The second-order valence-electron chi connectivity index (χ2n) is 6.96. The van der Waals surface area contributed by atoms with Crippen LogP contribution in [0.15, 0.2) is 65.5 Å². The molecule has 1 amide bonds. The number of alkyl halides is 1. The lowest BCUT2D eigenvalue weighted by molar-refractivity contribution is -0.129. The molecule has 0 N–H and O–H groups in total. The summed E-state index contributed by atoms with van der Waals surface area (Å²) in [6, 6.07) is 16.0. The van der Waals surface area contributed by atoms with E-state index >= 15 is 0 Å². The summed E-state index contributed by atoms with van der Waals surface area (Å²) >= 11 is 9.13. The van der Waals surface area contributed by atoms with Gasteiger partial charge in [-0.1, -0.05) is 6.07 Å². The van der Waals surface area contributed by atoms with Crippen LogP contribution in [0.3, 0.4) is 0 Å². The quantitative estimate of drug-likeness (QED) is 0.303. The molecule has 0 atom stereocenters. The molecule has 0 saturated heterocycles. The number of methoxy groups -OCH3 is 1. The van der Waals surface area contributed by atoms with Gasteiger partial charge < -0.3 is 14.2 Å². The van der Waals surface area contributed by atoms with Gasteiger partial charge in [0.1, 0.15) is 16.6 Å². The zero-order chi connectivity index (χ0) is 21.6. The first-order chi connectivity index (χ1) is 15.2. The van der Waals surface area contributed by atoms with E-state index in [9.17, 15) is 4.79 Å². The number of aromatic nitrogens is 2. The number of thiazole rings is 1. The highest BCUT2D eigenvalue weighted by Gasteiger charge is 2.16. The average Bonchev–Trinajstić information content (AvgIpc) is 3.56. The third-order valence-electron chi connectivity index (χ3n) is 4.89. The predicted molar refractivity (Wildman–Crippen MR) is 127 cm³/mol. The summed E-state index contributed by atoms with van der Waals surface area (Å²) in [6.07, 6.45) is 2.02. The highest BCUT2D eigenvalue weighted by molar-refractivity contribution is 7.13. The summed E-state index contributed by atoms with van der Waals surface area (Å²) in [5, 5.41) is 5.07. The van der Waals surface area contributed by atoms with Crippen molar-refractivity contribution in [1.29, 1.82) is 0 Å². The summed E-state index contributed by atoms with van der Waals surface area (Å²) in [5.41, 5.74) is 3.11. The van der Waals surface area contributed by atoms with Gasteiger partial charge in [-0.3, -0.25) is 4.79 Å². The zero-order valence-corrected chi connectivity index (χ0v) is 19.4. The topological polar surface area (TPSA) is 47.4 Å². The number of rotatable bonds is 9. The van der Waals surface area contributed by atoms with Crippen LogP contribution in [0.2, 0.25) is 0 Å². The van der Waals surface area contributed by atoms with E-state index in [1.54, 1.807) is 34.7 Å². The first-order valence-electron chi connectivity index (χ1n) is 9.75. The molecule has 0 aliphatic carbocycles. The molecule has 4 rings (SSSR count). The molecule has 0 spiro atoms. The molecule has 0 unspecified atom stereocenters. The van der Waals surface area contributed by atoms with Crippen molar-refractivity contribution < 1.29 is 9.53 Å². The molecule has 0 aliphatic heterocycles. The van der Waals surface area contributed by atoms with Crippen molar-refractivity contribution >= 4 is 40.2 Å². The minimum atomic E-state index is -0.0710. The lowest BCUT2D eigenvalue weighted by atomic mass is 10.2. The number of thiophene rings is 1. The number of carbonyl (C=O) groups excluding carboxylic acids is 1. The van der Waals surface area contributed by atoms with E-state index in [0.717, 1.165) is 32.6 Å². The van der Waals surface area contributed by atoms with Crippen molar-refractivity contribution in [2.45, 2.75) is 19.6 Å². The first kappa shape index (κ1) is 21.6. The number of nitrogens with zero attached hydrogens (tertiary/aromatic N) is 3. The predicted octanol–water partition coefficient (Wildman–Crippen LogP) is 5.50. The third-order valence-corrected chi connectivity index (χ3v) is 6.92. The second kappa shape index (κ2) is 10.1. The molecule has 0 radical (unpaired) electrons. The smallest absolute Gasteiger partial charge is 0.238 e. The summed E-state index contributed by atoms with van der Waals surface area (Å²) in [6.45, 7) is 1.72. The van der Waals surface area contributed by atoms with Crippen molar-refractivity contribution in [2.24, 2.45) is 0 Å². The average molecular weight is 472 g/mol. The van der Waals surface area contributed by atoms with Gasteiger partial charge in [-0.15, -0.1) is 34.3 Å². The summed E-state index contributed by atoms with van der Waals surface area (Å²) in [4.78, 5) is 20.1. The van der Waals surface area contributed by atoms with E-state index < -0.39 is 0 Å². The summed E-state index contributed by atoms with van der Waals surface area (Å²) in [5.74, 6) is 0.734. The zero-order valence-electron chi connectivity index (χ0n) is 17.0. The molecule has 0 aliphatic rings. The minimum Gasteiger partial charge on any atom is -0.497 e. The maximum atomic E-state index is 12.4. The standard InChI is InChI=1S/C23H22ClN3O2S2/c1-29-20-8-6-17(7-9-20)23-25-18(16-31-23)13-26-10-2-4-19(26)14-27(22(28)12-24)15-21-5-3-11-30-21/h2-11,16H,12-15H2,1H3. The van der Waals surface area contributed by atoms with Crippen LogP contribution in [-0.2, 0) is 24.4 Å². The van der Waals surface area contributed by atoms with Gasteiger partial charge in [0.15, 0.2) is 0 Å². The van der Waals surface area contributed by atoms with Crippen molar-refractivity contribution in [3.05, 3.63) is 81.8 Å². The third kappa shape index (κ3) is 5.36. The Morgan fingerprint density at radius 2 is 1.97 bits per heavy atom. The number of hydrogen-bond donors (Lipinski definition) is 0. The molecule has 0 saturated carbocycles. The Kier molecular flexibility index (Phi) is 7.06. The summed E-state index contributed by atoms with van der Waals surface area (Å²) < 4.78 is 7.36. The van der Waals surface area contributed by atoms with E-state index in [1.165, 1.54) is 0 Å². The van der Waals surface area contributed by atoms with Gasteiger partial charge in [0.2, 0.25) is 5.91 Å². The van der Waals surface area contributed by atoms with Gasteiger partial charge in [0, 0.05) is 27.7 Å². The van der Waals surface area contributed by atoms with Crippen molar-refractivity contribution in [1.82, 2.24) is 14.5 Å². The Bertz CT molecular complexity index is 1120. The Hall–Kier alpha value is -2.61. The fraction of sp³-hybridized carbons (Fsp3) is 0.217. The number of benzene rings is 1. The SMILES string of the molecule is COc1ccc(-c2nc(Cn3cccc3CN(Cc3cccs3)C(=O)CCl)cs2)cc1. The second-order valence-corrected chi connectivity index (χ2v) is 9.12. The Morgan fingerprint density at radius 3 is 2.68 bits per heavy atom. The highest BCUT2D eigenvalue weighted by atomic mass is 35.5. The van der Waals surface area contributed by atoms with Crippen LogP contribution in [0.25, 0.3) is 10.6 Å². The normalized spacial score (nSPS) is 10.9. The fourth-order valence-electron chi connectivity index (χ4n) is 3.27. The largest absolute Gasteiger partial charge is 0.497 e. The van der Waals surface area contributed by atoms with Gasteiger partial charge in [-0.2, -0.15) is 0 Å².